The van der Waals surface area contributed by atoms with E-state index in [1.54, 1.807) is 20.8 Å². The lowest BCUT2D eigenvalue weighted by Gasteiger charge is -2.23. The summed E-state index contributed by atoms with van der Waals surface area (Å²) >= 11 is 0. The van der Waals surface area contributed by atoms with Crippen LogP contribution in [0.15, 0.2) is 0 Å². The molecule has 0 heterocycles. The van der Waals surface area contributed by atoms with Gasteiger partial charge in [0.2, 0.25) is 0 Å². The van der Waals surface area contributed by atoms with E-state index in [9.17, 15) is 13.2 Å². The molecule has 16 heavy (non-hydrogen) atoms. The minimum Gasteiger partial charge on any atom is -0.480 e. The molecule has 0 spiro atoms. The highest BCUT2D eigenvalue weighted by atomic mass is 32.2. The molecule has 0 saturated carbocycles. The number of aliphatic carboxylic acids is 1. The van der Waals surface area contributed by atoms with Gasteiger partial charge >= 0.3 is 5.97 Å². The Balaban J connectivity index is 4.73. The van der Waals surface area contributed by atoms with Crippen LogP contribution in [0.4, 0.5) is 0 Å². The maximum atomic E-state index is 11.7. The molecule has 0 amide bonds. The molecule has 0 rings (SSSR count). The topological polar surface area (TPSA) is 86.7 Å². The van der Waals surface area contributed by atoms with Gasteiger partial charge in [0.15, 0.2) is 0 Å². The highest BCUT2D eigenvalue weighted by Gasteiger charge is 2.27. The number of nitrogens with zero attached hydrogens (tertiary/aromatic N) is 1. The Hall–Kier alpha value is -0.660. The third kappa shape index (κ3) is 4.46. The Labute approximate surface area is 96.8 Å². The van der Waals surface area contributed by atoms with Gasteiger partial charge in [-0.25, -0.2) is 0 Å². The van der Waals surface area contributed by atoms with Gasteiger partial charge in [0.1, 0.15) is 6.04 Å². The van der Waals surface area contributed by atoms with Crippen molar-refractivity contribution in [3.63, 3.8) is 0 Å². The molecule has 6 nitrogen and oxygen atoms in total. The van der Waals surface area contributed by atoms with Crippen LogP contribution in [0.25, 0.3) is 0 Å². The van der Waals surface area contributed by atoms with Crippen LogP contribution in [0.5, 0.6) is 0 Å². The van der Waals surface area contributed by atoms with Gasteiger partial charge in [0.25, 0.3) is 10.2 Å². The van der Waals surface area contributed by atoms with Crippen LogP contribution >= 0.6 is 0 Å². The second-order valence-electron chi connectivity index (χ2n) is 3.91. The number of hydrogen-bond acceptors (Lipinski definition) is 3. The number of nitrogens with one attached hydrogen (secondary N) is 1. The van der Waals surface area contributed by atoms with Crippen molar-refractivity contribution in [1.82, 2.24) is 9.03 Å². The van der Waals surface area contributed by atoms with Crippen LogP contribution in [0, 0.1) is 0 Å². The minimum absolute atomic E-state index is 0.214. The summed E-state index contributed by atoms with van der Waals surface area (Å²) in [5, 5.41) is 8.84. The molecule has 0 aliphatic carbocycles. The summed E-state index contributed by atoms with van der Waals surface area (Å²) in [6, 6.07) is -1.27. The maximum Gasteiger partial charge on any atom is 0.321 e. The van der Waals surface area contributed by atoms with Crippen molar-refractivity contribution in [2.24, 2.45) is 0 Å². The SMILES string of the molecule is CCC[C@@H](NS(=O)(=O)N(C)C(C)C)C(=O)O. The van der Waals surface area contributed by atoms with E-state index in [1.165, 1.54) is 7.05 Å². The molecule has 2 N–H and O–H groups in total. The lowest BCUT2D eigenvalue weighted by atomic mass is 10.2. The molecule has 0 fully saturated rings. The molecule has 0 aromatic rings. The maximum absolute atomic E-state index is 11.7. The zero-order valence-electron chi connectivity index (χ0n) is 10.1. The first-order valence-electron chi connectivity index (χ1n) is 5.20. The lowest BCUT2D eigenvalue weighted by Crippen LogP contribution is -2.48. The zero-order valence-corrected chi connectivity index (χ0v) is 10.9. The molecule has 0 bridgehead atoms. The molecule has 0 aromatic carbocycles. The fourth-order valence-electron chi connectivity index (χ4n) is 1.06. The number of carbonyl (C=O) groups is 1. The molecular formula is C9H20N2O4S. The summed E-state index contributed by atoms with van der Waals surface area (Å²) in [6.07, 6.45) is 0.880. The average molecular weight is 252 g/mol. The van der Waals surface area contributed by atoms with Crippen LogP contribution in [0.1, 0.15) is 33.6 Å². The predicted molar refractivity (Wildman–Crippen MR) is 61.3 cm³/mol. The minimum atomic E-state index is -3.72. The van der Waals surface area contributed by atoms with Crippen molar-refractivity contribution in [1.29, 1.82) is 0 Å². The molecule has 0 saturated heterocycles. The van der Waals surface area contributed by atoms with Gasteiger partial charge in [-0.15, -0.1) is 0 Å². The molecule has 0 radical (unpaired) electrons. The summed E-state index contributed by atoms with van der Waals surface area (Å²) in [5.41, 5.74) is 0. The van der Waals surface area contributed by atoms with E-state index < -0.39 is 22.2 Å². The quantitative estimate of drug-likeness (QED) is 0.687. The summed E-state index contributed by atoms with van der Waals surface area (Å²) in [6.45, 7) is 5.24. The van der Waals surface area contributed by atoms with Crippen LogP contribution in [-0.4, -0.2) is 42.9 Å². The number of rotatable bonds is 7. The summed E-state index contributed by atoms with van der Waals surface area (Å²) in [7, 11) is -2.31. The summed E-state index contributed by atoms with van der Waals surface area (Å²) in [4.78, 5) is 10.8. The van der Waals surface area contributed by atoms with E-state index in [0.717, 1.165) is 4.31 Å². The first-order chi connectivity index (χ1) is 7.22. The monoisotopic (exact) mass is 252 g/mol. The molecule has 0 aliphatic rings. The number of carboxylic acids is 1. The van der Waals surface area contributed by atoms with Gasteiger partial charge in [-0.3, -0.25) is 4.79 Å². The highest BCUT2D eigenvalue weighted by molar-refractivity contribution is 7.87. The van der Waals surface area contributed by atoms with Crippen molar-refractivity contribution in [2.75, 3.05) is 7.05 Å². The van der Waals surface area contributed by atoms with Gasteiger partial charge < -0.3 is 5.11 Å². The fraction of sp³-hybridized carbons (Fsp3) is 0.889. The Morgan fingerprint density at radius 3 is 2.25 bits per heavy atom. The fourth-order valence-corrected chi connectivity index (χ4v) is 2.36. The van der Waals surface area contributed by atoms with Gasteiger partial charge in [0.05, 0.1) is 0 Å². The van der Waals surface area contributed by atoms with Crippen molar-refractivity contribution in [3.8, 4) is 0 Å². The molecule has 0 aromatic heterocycles. The highest BCUT2D eigenvalue weighted by Crippen LogP contribution is 2.05. The van der Waals surface area contributed by atoms with Crippen LogP contribution < -0.4 is 4.72 Å². The van der Waals surface area contributed by atoms with Crippen LogP contribution in [0.2, 0.25) is 0 Å². The van der Waals surface area contributed by atoms with E-state index in [4.69, 9.17) is 5.11 Å². The largest absolute Gasteiger partial charge is 0.480 e. The molecule has 0 unspecified atom stereocenters. The number of hydrogen-bond donors (Lipinski definition) is 2. The first-order valence-corrected chi connectivity index (χ1v) is 6.64. The lowest BCUT2D eigenvalue weighted by molar-refractivity contribution is -0.139. The Morgan fingerprint density at radius 1 is 1.44 bits per heavy atom. The van der Waals surface area contributed by atoms with Crippen molar-refractivity contribution < 1.29 is 18.3 Å². The molecule has 96 valence electrons. The Morgan fingerprint density at radius 2 is 1.94 bits per heavy atom. The van der Waals surface area contributed by atoms with E-state index in [0.29, 0.717) is 6.42 Å². The van der Waals surface area contributed by atoms with Gasteiger partial charge in [-0.05, 0) is 20.3 Å². The van der Waals surface area contributed by atoms with Gasteiger partial charge in [-0.1, -0.05) is 13.3 Å². The summed E-state index contributed by atoms with van der Waals surface area (Å²) in [5.74, 6) is -1.15. The van der Waals surface area contributed by atoms with Crippen LogP contribution in [-0.2, 0) is 15.0 Å². The molecule has 0 aliphatic heterocycles. The molecular weight excluding hydrogens is 232 g/mol. The predicted octanol–water partition coefficient (Wildman–Crippen LogP) is 0.414. The third-order valence-electron chi connectivity index (χ3n) is 2.27. The Bertz CT molecular complexity index is 326. The van der Waals surface area contributed by atoms with Gasteiger partial charge in [0, 0.05) is 13.1 Å². The normalized spacial score (nSPS) is 14.4. The smallest absolute Gasteiger partial charge is 0.321 e. The van der Waals surface area contributed by atoms with E-state index in [-0.39, 0.29) is 12.5 Å². The first kappa shape index (κ1) is 15.3. The molecule has 7 heteroatoms. The van der Waals surface area contributed by atoms with E-state index >= 15 is 0 Å². The van der Waals surface area contributed by atoms with Crippen molar-refractivity contribution in [2.45, 2.75) is 45.7 Å². The van der Waals surface area contributed by atoms with Crippen LogP contribution in [0.3, 0.4) is 0 Å². The van der Waals surface area contributed by atoms with Crippen molar-refractivity contribution in [3.05, 3.63) is 0 Å². The standard InChI is InChI=1S/C9H20N2O4S/c1-5-6-8(9(12)13)10-16(14,15)11(4)7(2)3/h7-8,10H,5-6H2,1-4H3,(H,12,13)/t8-/m1/s1. The number of carboxylic acid groups (broad SMARTS) is 1. The van der Waals surface area contributed by atoms with Gasteiger partial charge in [-0.2, -0.15) is 17.4 Å². The summed E-state index contributed by atoms with van der Waals surface area (Å²) < 4.78 is 26.7. The zero-order chi connectivity index (χ0) is 12.9. The third-order valence-corrected chi connectivity index (χ3v) is 4.04. The average Bonchev–Trinajstić information content (AvgIpc) is 2.15. The second kappa shape index (κ2) is 6.17. The van der Waals surface area contributed by atoms with Crippen molar-refractivity contribution >= 4 is 16.2 Å². The van der Waals surface area contributed by atoms with E-state index in [2.05, 4.69) is 4.72 Å². The molecule has 1 atom stereocenters. The van der Waals surface area contributed by atoms with E-state index in [1.807, 2.05) is 0 Å². The second-order valence-corrected chi connectivity index (χ2v) is 5.67. The Kier molecular flexibility index (Phi) is 5.91.